The Morgan fingerprint density at radius 3 is 2.32 bits per heavy atom. The summed E-state index contributed by atoms with van der Waals surface area (Å²) in [5.74, 6) is -2.56. The molecular formula is C34H38N4O6. The van der Waals surface area contributed by atoms with Crippen LogP contribution in [0.25, 0.3) is 0 Å². The van der Waals surface area contributed by atoms with E-state index in [9.17, 15) is 19.5 Å². The van der Waals surface area contributed by atoms with Crippen molar-refractivity contribution in [1.82, 2.24) is 14.7 Å². The number of hydrogen-bond acceptors (Lipinski definition) is 7. The van der Waals surface area contributed by atoms with Crippen molar-refractivity contribution in [1.29, 1.82) is 0 Å². The van der Waals surface area contributed by atoms with Gasteiger partial charge in [-0.3, -0.25) is 19.3 Å². The molecule has 10 nitrogen and oxygen atoms in total. The molecule has 1 unspecified atom stereocenters. The molecule has 0 radical (unpaired) electrons. The normalized spacial score (nSPS) is 31.0. The van der Waals surface area contributed by atoms with Crippen LogP contribution in [0.1, 0.15) is 11.6 Å². The summed E-state index contributed by atoms with van der Waals surface area (Å²) < 4.78 is 12.3. The first-order chi connectivity index (χ1) is 21.5. The average molecular weight is 599 g/mol. The number of para-hydroxylation sites is 1. The second-order valence-corrected chi connectivity index (χ2v) is 12.0. The highest BCUT2D eigenvalue weighted by Gasteiger charge is 2.72. The Morgan fingerprint density at radius 1 is 0.864 bits per heavy atom. The molecule has 0 saturated carbocycles. The number of carbonyl (C=O) groups excluding carboxylic acids is 3. The SMILES string of the molecule is O=C1C2N([C@H](CO)c3ccccc3)C(=O)[C@@H]3[C@H]4C(=O)N(c5ccccc5)CC=C[C@H]4O[C@]23C=CCN1CCN1CCOCC1. The highest BCUT2D eigenvalue weighted by Crippen LogP contribution is 2.55. The third kappa shape index (κ3) is 4.77. The fraction of sp³-hybridized carbons (Fsp3) is 0.441. The van der Waals surface area contributed by atoms with Crippen molar-refractivity contribution in [2.24, 2.45) is 11.8 Å². The number of aliphatic hydroxyl groups is 1. The van der Waals surface area contributed by atoms with E-state index in [4.69, 9.17) is 9.47 Å². The second-order valence-electron chi connectivity index (χ2n) is 12.0. The zero-order valence-corrected chi connectivity index (χ0v) is 24.6. The van der Waals surface area contributed by atoms with Gasteiger partial charge < -0.3 is 29.3 Å². The lowest BCUT2D eigenvalue weighted by Gasteiger charge is -2.39. The number of ether oxygens (including phenoxy) is 2. The first-order valence-electron chi connectivity index (χ1n) is 15.5. The monoisotopic (exact) mass is 598 g/mol. The Morgan fingerprint density at radius 2 is 1.59 bits per heavy atom. The van der Waals surface area contributed by atoms with E-state index in [0.717, 1.165) is 18.8 Å². The molecule has 5 aliphatic heterocycles. The van der Waals surface area contributed by atoms with Gasteiger partial charge in [-0.25, -0.2) is 0 Å². The van der Waals surface area contributed by atoms with E-state index in [0.29, 0.717) is 45.0 Å². The molecule has 3 saturated heterocycles. The lowest BCUT2D eigenvalue weighted by Crippen LogP contribution is -2.57. The Labute approximate surface area is 257 Å². The zero-order valence-electron chi connectivity index (χ0n) is 24.6. The van der Waals surface area contributed by atoms with E-state index in [1.165, 1.54) is 4.90 Å². The molecule has 3 fully saturated rings. The largest absolute Gasteiger partial charge is 0.394 e. The molecule has 10 heteroatoms. The van der Waals surface area contributed by atoms with Crippen LogP contribution in [0.3, 0.4) is 0 Å². The van der Waals surface area contributed by atoms with Gasteiger partial charge in [0, 0.05) is 45.0 Å². The maximum Gasteiger partial charge on any atom is 0.249 e. The van der Waals surface area contributed by atoms with Crippen molar-refractivity contribution in [2.75, 3.05) is 64.0 Å². The Bertz CT molecular complexity index is 1440. The molecule has 1 spiro atoms. The van der Waals surface area contributed by atoms with Gasteiger partial charge in [-0.1, -0.05) is 72.8 Å². The van der Waals surface area contributed by atoms with Crippen molar-refractivity contribution < 1.29 is 29.0 Å². The number of carbonyl (C=O) groups is 3. The van der Waals surface area contributed by atoms with Crippen LogP contribution in [0.5, 0.6) is 0 Å². The third-order valence-corrected chi connectivity index (χ3v) is 9.73. The van der Waals surface area contributed by atoms with Gasteiger partial charge in [0.2, 0.25) is 17.7 Å². The fourth-order valence-corrected chi connectivity index (χ4v) is 7.62. The minimum absolute atomic E-state index is 0.212. The number of benzene rings is 2. The number of nitrogens with zero attached hydrogens (tertiary/aromatic N) is 4. The van der Waals surface area contributed by atoms with Crippen LogP contribution in [0.15, 0.2) is 85.0 Å². The molecule has 230 valence electrons. The molecular weight excluding hydrogens is 560 g/mol. The van der Waals surface area contributed by atoms with Crippen LogP contribution in [0.2, 0.25) is 0 Å². The fourth-order valence-electron chi connectivity index (χ4n) is 7.62. The van der Waals surface area contributed by atoms with Crippen LogP contribution in [-0.2, 0) is 23.9 Å². The maximum atomic E-state index is 14.8. The molecule has 3 amide bonds. The third-order valence-electron chi connectivity index (χ3n) is 9.73. The molecule has 6 atom stereocenters. The van der Waals surface area contributed by atoms with Crippen LogP contribution < -0.4 is 4.90 Å². The number of rotatable bonds is 7. The highest BCUT2D eigenvalue weighted by atomic mass is 16.5. The number of anilines is 1. The molecule has 0 aromatic heterocycles. The Hall–Kier alpha value is -3.83. The van der Waals surface area contributed by atoms with Gasteiger partial charge in [0.25, 0.3) is 0 Å². The minimum atomic E-state index is -1.36. The molecule has 1 N–H and O–H groups in total. The summed E-state index contributed by atoms with van der Waals surface area (Å²) in [5.41, 5.74) is 0.0925. The Kier molecular flexibility index (Phi) is 7.84. The molecule has 0 bridgehead atoms. The predicted octanol–water partition coefficient (Wildman–Crippen LogP) is 1.63. The van der Waals surface area contributed by atoms with Gasteiger partial charge in [-0.05, 0) is 17.7 Å². The van der Waals surface area contributed by atoms with Crippen molar-refractivity contribution in [2.45, 2.75) is 23.8 Å². The number of aliphatic hydroxyl groups excluding tert-OH is 1. The number of likely N-dealkylation sites (tertiary alicyclic amines) is 1. The predicted molar refractivity (Wildman–Crippen MR) is 162 cm³/mol. The van der Waals surface area contributed by atoms with Crippen LogP contribution in [0, 0.1) is 11.8 Å². The summed E-state index contributed by atoms with van der Waals surface area (Å²) in [6.45, 7) is 4.44. The zero-order chi connectivity index (χ0) is 30.3. The topological polar surface area (TPSA) is 103 Å². The summed E-state index contributed by atoms with van der Waals surface area (Å²) in [6, 6.07) is 16.9. The summed E-state index contributed by atoms with van der Waals surface area (Å²) in [4.78, 5) is 51.0. The smallest absolute Gasteiger partial charge is 0.249 e. The number of morpholine rings is 1. The lowest BCUT2D eigenvalue weighted by molar-refractivity contribution is -0.150. The first kappa shape index (κ1) is 28.9. The molecule has 5 aliphatic rings. The van der Waals surface area contributed by atoms with E-state index in [-0.39, 0.29) is 24.3 Å². The van der Waals surface area contributed by atoms with Crippen LogP contribution in [-0.4, -0.2) is 114 Å². The number of hydrogen-bond donors (Lipinski definition) is 1. The standard InChI is InChI=1S/C34H38N4O6/c39-23-26(24-9-3-1-4-10-24)38-30-33(42)36(18-17-35-19-21-43-22-20-35)15-8-14-34(30)29(32(38)41)28-27(44-34)13-7-16-37(31(28)40)25-11-5-2-6-12-25/h1-14,26-30,39H,15-23H2/t26-,27-,28+,29+,30?,34+/m1/s1. The van der Waals surface area contributed by atoms with Gasteiger partial charge >= 0.3 is 0 Å². The van der Waals surface area contributed by atoms with Gasteiger partial charge in [0.05, 0.1) is 43.8 Å². The van der Waals surface area contributed by atoms with E-state index < -0.39 is 35.6 Å². The van der Waals surface area contributed by atoms with E-state index in [1.807, 2.05) is 85.0 Å². The van der Waals surface area contributed by atoms with Crippen LogP contribution >= 0.6 is 0 Å². The molecule has 2 aromatic carbocycles. The molecule has 5 heterocycles. The molecule has 44 heavy (non-hydrogen) atoms. The van der Waals surface area contributed by atoms with E-state index >= 15 is 0 Å². The average Bonchev–Trinajstić information content (AvgIpc) is 3.38. The van der Waals surface area contributed by atoms with Crippen molar-refractivity contribution >= 4 is 23.4 Å². The number of amides is 3. The van der Waals surface area contributed by atoms with Gasteiger partial charge in [0.1, 0.15) is 11.6 Å². The van der Waals surface area contributed by atoms with E-state index in [1.54, 1.807) is 9.80 Å². The lowest BCUT2D eigenvalue weighted by atomic mass is 9.77. The highest BCUT2D eigenvalue weighted by molar-refractivity contribution is 6.04. The second kappa shape index (κ2) is 11.9. The molecule has 7 rings (SSSR count). The van der Waals surface area contributed by atoms with Crippen molar-refractivity contribution in [3.63, 3.8) is 0 Å². The molecule has 2 aromatic rings. The quantitative estimate of drug-likeness (QED) is 0.484. The minimum Gasteiger partial charge on any atom is -0.394 e. The van der Waals surface area contributed by atoms with Crippen LogP contribution in [0.4, 0.5) is 5.69 Å². The van der Waals surface area contributed by atoms with Crippen molar-refractivity contribution in [3.8, 4) is 0 Å². The van der Waals surface area contributed by atoms with E-state index in [2.05, 4.69) is 4.90 Å². The first-order valence-corrected chi connectivity index (χ1v) is 15.5. The summed E-state index contributed by atoms with van der Waals surface area (Å²) in [7, 11) is 0. The summed E-state index contributed by atoms with van der Waals surface area (Å²) in [6.07, 6.45) is 6.87. The summed E-state index contributed by atoms with van der Waals surface area (Å²) >= 11 is 0. The van der Waals surface area contributed by atoms with Gasteiger partial charge in [0.15, 0.2) is 0 Å². The summed E-state index contributed by atoms with van der Waals surface area (Å²) in [5, 5.41) is 10.7. The Balaban J connectivity index is 1.29. The number of fused-ring (bicyclic) bond motifs is 2. The van der Waals surface area contributed by atoms with Crippen molar-refractivity contribution in [3.05, 3.63) is 90.5 Å². The van der Waals surface area contributed by atoms with Gasteiger partial charge in [-0.2, -0.15) is 0 Å². The van der Waals surface area contributed by atoms with Gasteiger partial charge in [-0.15, -0.1) is 0 Å². The molecule has 0 aliphatic carbocycles. The maximum absolute atomic E-state index is 14.8.